The number of rotatable bonds is 8. The summed E-state index contributed by atoms with van der Waals surface area (Å²) in [6.07, 6.45) is 1.77. The molecule has 26 heavy (non-hydrogen) atoms. The second-order valence-electron chi connectivity index (χ2n) is 5.79. The normalized spacial score (nSPS) is 10.6. The minimum Gasteiger partial charge on any atom is -0.490 e. The van der Waals surface area contributed by atoms with Gasteiger partial charge < -0.3 is 14.8 Å². The number of hydrogen-bond acceptors (Lipinski definition) is 5. The number of thiazole rings is 1. The lowest BCUT2D eigenvalue weighted by Crippen LogP contribution is -2.04. The molecule has 0 radical (unpaired) electrons. The third-order valence-corrected chi connectivity index (χ3v) is 4.83. The van der Waals surface area contributed by atoms with Crippen molar-refractivity contribution < 1.29 is 9.47 Å². The summed E-state index contributed by atoms with van der Waals surface area (Å²) >= 11 is 8.01. The van der Waals surface area contributed by atoms with E-state index in [1.54, 1.807) is 17.5 Å². The second-order valence-corrected chi connectivity index (χ2v) is 7.09. The van der Waals surface area contributed by atoms with Crippen LogP contribution in [-0.2, 0) is 13.2 Å². The van der Waals surface area contributed by atoms with Crippen LogP contribution in [0.25, 0.3) is 0 Å². The van der Waals surface area contributed by atoms with Gasteiger partial charge in [-0.25, -0.2) is 4.98 Å². The molecular formula is C20H21ClN2O2S. The summed E-state index contributed by atoms with van der Waals surface area (Å²) in [7, 11) is 0. The largest absolute Gasteiger partial charge is 0.490 e. The summed E-state index contributed by atoms with van der Waals surface area (Å²) in [4.78, 5) is 4.22. The maximum atomic E-state index is 6.46. The first-order valence-corrected chi connectivity index (χ1v) is 9.68. The lowest BCUT2D eigenvalue weighted by atomic mass is 10.1. The molecule has 0 saturated heterocycles. The molecule has 0 aliphatic rings. The SMILES string of the molecule is CCOc1cc(CNc2nccs2)c(Cl)cc1OCc1cccc(C)c1. The van der Waals surface area contributed by atoms with E-state index in [4.69, 9.17) is 21.1 Å². The van der Waals surface area contributed by atoms with Crippen molar-refractivity contribution in [2.24, 2.45) is 0 Å². The molecule has 6 heteroatoms. The van der Waals surface area contributed by atoms with E-state index < -0.39 is 0 Å². The van der Waals surface area contributed by atoms with Crippen molar-refractivity contribution in [3.05, 3.63) is 69.7 Å². The van der Waals surface area contributed by atoms with Crippen LogP contribution in [0.15, 0.2) is 48.0 Å². The Kier molecular flexibility index (Phi) is 6.36. The Labute approximate surface area is 162 Å². The van der Waals surface area contributed by atoms with Gasteiger partial charge in [0.1, 0.15) is 6.61 Å². The summed E-state index contributed by atoms with van der Waals surface area (Å²) < 4.78 is 11.7. The van der Waals surface area contributed by atoms with Crippen LogP contribution >= 0.6 is 22.9 Å². The Morgan fingerprint density at radius 3 is 2.73 bits per heavy atom. The molecule has 1 heterocycles. The van der Waals surface area contributed by atoms with E-state index in [0.29, 0.717) is 36.3 Å². The Morgan fingerprint density at radius 2 is 2.00 bits per heavy atom. The molecule has 2 aromatic carbocycles. The molecule has 0 atom stereocenters. The molecule has 0 bridgehead atoms. The third-order valence-electron chi connectivity index (χ3n) is 3.75. The third kappa shape index (κ3) is 4.90. The van der Waals surface area contributed by atoms with E-state index in [0.717, 1.165) is 16.3 Å². The average molecular weight is 389 g/mol. The lowest BCUT2D eigenvalue weighted by molar-refractivity contribution is 0.269. The summed E-state index contributed by atoms with van der Waals surface area (Å²) in [5.74, 6) is 1.34. The second kappa shape index (κ2) is 8.92. The van der Waals surface area contributed by atoms with Crippen LogP contribution in [0, 0.1) is 6.92 Å². The first kappa shape index (κ1) is 18.5. The highest BCUT2D eigenvalue weighted by molar-refractivity contribution is 7.13. The number of aryl methyl sites for hydroxylation is 1. The molecule has 3 rings (SSSR count). The number of ether oxygens (including phenoxy) is 2. The quantitative estimate of drug-likeness (QED) is 0.538. The van der Waals surface area contributed by atoms with E-state index >= 15 is 0 Å². The molecule has 136 valence electrons. The molecule has 0 aliphatic carbocycles. The average Bonchev–Trinajstić information content (AvgIpc) is 3.14. The summed E-state index contributed by atoms with van der Waals surface area (Å²) in [5.41, 5.74) is 3.25. The van der Waals surface area contributed by atoms with Gasteiger partial charge in [-0.05, 0) is 31.0 Å². The maximum absolute atomic E-state index is 6.46. The molecule has 0 amide bonds. The highest BCUT2D eigenvalue weighted by Crippen LogP contribution is 2.34. The molecule has 1 aromatic heterocycles. The summed E-state index contributed by atoms with van der Waals surface area (Å²) in [6.45, 7) is 5.61. The Balaban J connectivity index is 1.75. The van der Waals surface area contributed by atoms with Crippen LogP contribution in [0.4, 0.5) is 5.13 Å². The number of aromatic nitrogens is 1. The summed E-state index contributed by atoms with van der Waals surface area (Å²) in [5, 5.41) is 6.69. The van der Waals surface area contributed by atoms with Gasteiger partial charge in [-0.1, -0.05) is 41.4 Å². The standard InChI is InChI=1S/C20H21ClN2O2S/c1-3-24-18-10-16(12-23-20-22-7-8-26-20)17(21)11-19(18)25-13-15-6-4-5-14(2)9-15/h4-11H,3,12-13H2,1-2H3,(H,22,23). The maximum Gasteiger partial charge on any atom is 0.182 e. The van der Waals surface area contributed by atoms with E-state index in [2.05, 4.69) is 29.4 Å². The number of benzene rings is 2. The van der Waals surface area contributed by atoms with E-state index in [1.165, 1.54) is 5.56 Å². The van der Waals surface area contributed by atoms with Crippen LogP contribution in [0.5, 0.6) is 11.5 Å². The smallest absolute Gasteiger partial charge is 0.182 e. The fourth-order valence-corrected chi connectivity index (χ4v) is 3.29. The van der Waals surface area contributed by atoms with Crippen molar-refractivity contribution in [1.82, 2.24) is 4.98 Å². The lowest BCUT2D eigenvalue weighted by Gasteiger charge is -2.15. The van der Waals surface area contributed by atoms with Crippen LogP contribution < -0.4 is 14.8 Å². The van der Waals surface area contributed by atoms with Crippen LogP contribution in [-0.4, -0.2) is 11.6 Å². The topological polar surface area (TPSA) is 43.4 Å². The first-order chi connectivity index (χ1) is 12.7. The first-order valence-electron chi connectivity index (χ1n) is 8.42. The number of anilines is 1. The van der Waals surface area contributed by atoms with Gasteiger partial charge in [-0.2, -0.15) is 0 Å². The Bertz CT molecular complexity index is 853. The number of halogens is 1. The minimum atomic E-state index is 0.467. The summed E-state index contributed by atoms with van der Waals surface area (Å²) in [6, 6.07) is 12.0. The molecule has 0 fully saturated rings. The van der Waals surface area contributed by atoms with Gasteiger partial charge in [0.05, 0.1) is 6.61 Å². The Hall–Kier alpha value is -2.24. The molecule has 0 saturated carbocycles. The fraction of sp³-hybridized carbons (Fsp3) is 0.250. The van der Waals surface area contributed by atoms with Gasteiger partial charge in [-0.15, -0.1) is 11.3 Å². The highest BCUT2D eigenvalue weighted by atomic mass is 35.5. The van der Waals surface area contributed by atoms with Crippen molar-refractivity contribution in [2.75, 3.05) is 11.9 Å². The van der Waals surface area contributed by atoms with Gasteiger partial charge in [-0.3, -0.25) is 0 Å². The molecule has 0 spiro atoms. The van der Waals surface area contributed by atoms with E-state index in [1.807, 2.05) is 36.6 Å². The number of nitrogens with one attached hydrogen (secondary N) is 1. The van der Waals surface area contributed by atoms with Crippen molar-refractivity contribution in [1.29, 1.82) is 0 Å². The van der Waals surface area contributed by atoms with Gasteiger partial charge >= 0.3 is 0 Å². The van der Waals surface area contributed by atoms with Crippen LogP contribution in [0.3, 0.4) is 0 Å². The zero-order chi connectivity index (χ0) is 18.4. The molecule has 3 aromatic rings. The van der Waals surface area contributed by atoms with Gasteiger partial charge in [0.25, 0.3) is 0 Å². The van der Waals surface area contributed by atoms with Crippen molar-refractivity contribution in [3.8, 4) is 11.5 Å². The minimum absolute atomic E-state index is 0.467. The zero-order valence-corrected chi connectivity index (χ0v) is 16.4. The van der Waals surface area contributed by atoms with Crippen molar-refractivity contribution in [2.45, 2.75) is 27.0 Å². The monoisotopic (exact) mass is 388 g/mol. The van der Waals surface area contributed by atoms with Gasteiger partial charge in [0.2, 0.25) is 0 Å². The van der Waals surface area contributed by atoms with Gasteiger partial charge in [0.15, 0.2) is 16.6 Å². The van der Waals surface area contributed by atoms with Crippen LogP contribution in [0.2, 0.25) is 5.02 Å². The van der Waals surface area contributed by atoms with E-state index in [-0.39, 0.29) is 0 Å². The fourth-order valence-electron chi connectivity index (χ4n) is 2.54. The molecule has 4 nitrogen and oxygen atoms in total. The molecule has 0 unspecified atom stereocenters. The van der Waals surface area contributed by atoms with Gasteiger partial charge in [0, 0.05) is 29.2 Å². The highest BCUT2D eigenvalue weighted by Gasteiger charge is 2.12. The predicted molar refractivity (Wildman–Crippen MR) is 108 cm³/mol. The Morgan fingerprint density at radius 1 is 1.15 bits per heavy atom. The number of nitrogens with zero attached hydrogens (tertiary/aromatic N) is 1. The number of hydrogen-bond donors (Lipinski definition) is 1. The van der Waals surface area contributed by atoms with Crippen molar-refractivity contribution in [3.63, 3.8) is 0 Å². The molecular weight excluding hydrogens is 368 g/mol. The zero-order valence-electron chi connectivity index (χ0n) is 14.8. The van der Waals surface area contributed by atoms with Crippen LogP contribution in [0.1, 0.15) is 23.6 Å². The van der Waals surface area contributed by atoms with Crippen molar-refractivity contribution >= 4 is 28.1 Å². The van der Waals surface area contributed by atoms with E-state index in [9.17, 15) is 0 Å². The predicted octanol–water partition coefficient (Wildman–Crippen LogP) is 5.69. The molecule has 0 aliphatic heterocycles. The molecule has 1 N–H and O–H groups in total.